The summed E-state index contributed by atoms with van der Waals surface area (Å²) in [5, 5.41) is 12.8. The molecule has 3 aromatic rings. The second-order valence-corrected chi connectivity index (χ2v) is 7.94. The van der Waals surface area contributed by atoms with E-state index in [0.29, 0.717) is 28.4 Å². The van der Waals surface area contributed by atoms with Crippen molar-refractivity contribution in [3.63, 3.8) is 0 Å². The monoisotopic (exact) mass is 432 g/mol. The third-order valence-corrected chi connectivity index (χ3v) is 5.52. The van der Waals surface area contributed by atoms with Crippen molar-refractivity contribution in [2.75, 3.05) is 11.9 Å². The average Bonchev–Trinajstić information content (AvgIpc) is 3.00. The topological polar surface area (TPSA) is 88.4 Å². The van der Waals surface area contributed by atoms with Crippen molar-refractivity contribution in [1.82, 2.24) is 4.57 Å². The Bertz CT molecular complexity index is 1100. The number of nitrogens with zero attached hydrogens (tertiary/aromatic N) is 1. The van der Waals surface area contributed by atoms with Crippen LogP contribution in [-0.2, 0) is 23.0 Å². The van der Waals surface area contributed by atoms with Gasteiger partial charge >= 0.3 is 0 Å². The van der Waals surface area contributed by atoms with E-state index < -0.39 is 10.7 Å². The number of hydrogen-bond acceptors (Lipinski definition) is 4. The first-order valence-electron chi connectivity index (χ1n) is 8.98. The summed E-state index contributed by atoms with van der Waals surface area (Å²) in [6.07, 6.45) is 1.70. The summed E-state index contributed by atoms with van der Waals surface area (Å²) in [4.78, 5) is 12.9. The van der Waals surface area contributed by atoms with E-state index in [9.17, 15) is 18.3 Å². The Kier molecular flexibility index (Phi) is 6.74. The second kappa shape index (κ2) is 9.26. The summed E-state index contributed by atoms with van der Waals surface area (Å²) < 4.78 is 23.5. The molecule has 0 unspecified atom stereocenters. The summed E-state index contributed by atoms with van der Waals surface area (Å²) in [7, 11) is -2.49. The smallest absolute Gasteiger partial charge is 0.257 e. The fraction of sp³-hybridized carbons (Fsp3) is 0.190. The van der Waals surface area contributed by atoms with Crippen LogP contribution in [0.4, 0.5) is 5.69 Å². The van der Waals surface area contributed by atoms with Crippen LogP contribution in [0.15, 0.2) is 54.7 Å². The maximum atomic E-state index is 12.9. The van der Waals surface area contributed by atoms with Gasteiger partial charge < -0.3 is 15.0 Å². The molecule has 1 amide bonds. The summed E-state index contributed by atoms with van der Waals surface area (Å²) in [5.74, 6) is -0.330. The molecule has 8 heteroatoms. The molecule has 0 radical (unpaired) electrons. The van der Waals surface area contributed by atoms with E-state index in [4.69, 9.17) is 11.6 Å². The van der Waals surface area contributed by atoms with Crippen LogP contribution in [0.5, 0.6) is 0 Å². The highest BCUT2D eigenvalue weighted by atomic mass is 35.5. The Morgan fingerprint density at radius 3 is 2.45 bits per heavy atom. The molecular formula is C21H21ClN2O4S. The van der Waals surface area contributed by atoms with Crippen molar-refractivity contribution in [2.24, 2.45) is 0 Å². The van der Waals surface area contributed by atoms with Crippen LogP contribution < -0.4 is 5.32 Å². The highest BCUT2D eigenvalue weighted by Crippen LogP contribution is 2.33. The lowest BCUT2D eigenvalue weighted by Crippen LogP contribution is -2.12. The van der Waals surface area contributed by atoms with Gasteiger partial charge in [0.25, 0.3) is 5.91 Å². The van der Waals surface area contributed by atoms with Crippen molar-refractivity contribution in [2.45, 2.75) is 19.2 Å². The standard InChI is InChI=1S/C21H21ClN2O4S/c1-14-18(21(26)23-16-8-6-15(7-9-16)13-29(27)28)12-24(10-11-25)20(14)17-4-2-3-5-19(17)22/h2-9,12,25,29H,10-11,13H2,1H3,(H,23,26). The number of aromatic nitrogens is 1. The maximum absolute atomic E-state index is 12.9. The van der Waals surface area contributed by atoms with Gasteiger partial charge in [-0.15, -0.1) is 0 Å². The van der Waals surface area contributed by atoms with Gasteiger partial charge in [0.1, 0.15) is 10.7 Å². The molecule has 0 saturated carbocycles. The first kappa shape index (κ1) is 21.1. The predicted octanol–water partition coefficient (Wildman–Crippen LogP) is 3.47. The first-order valence-corrected chi connectivity index (χ1v) is 10.7. The van der Waals surface area contributed by atoms with Crippen LogP contribution in [0.2, 0.25) is 5.02 Å². The molecule has 0 bridgehead atoms. The number of hydrogen-bond donors (Lipinski definition) is 3. The fourth-order valence-electron chi connectivity index (χ4n) is 3.22. The Labute approximate surface area is 175 Å². The van der Waals surface area contributed by atoms with Crippen molar-refractivity contribution in [1.29, 1.82) is 0 Å². The molecule has 0 aliphatic rings. The number of amides is 1. The van der Waals surface area contributed by atoms with Crippen LogP contribution >= 0.6 is 11.6 Å². The minimum atomic E-state index is -2.49. The van der Waals surface area contributed by atoms with Crippen LogP contribution in [0, 0.1) is 6.92 Å². The van der Waals surface area contributed by atoms with Gasteiger partial charge in [0.2, 0.25) is 0 Å². The summed E-state index contributed by atoms with van der Waals surface area (Å²) in [5.41, 5.74) is 4.02. The van der Waals surface area contributed by atoms with E-state index in [1.807, 2.05) is 29.7 Å². The highest BCUT2D eigenvalue weighted by molar-refractivity contribution is 7.71. The molecule has 0 aliphatic carbocycles. The number of carbonyl (C=O) groups is 1. The number of nitrogens with one attached hydrogen (secondary N) is 1. The molecule has 1 heterocycles. The van der Waals surface area contributed by atoms with Gasteiger partial charge in [-0.1, -0.05) is 41.9 Å². The van der Waals surface area contributed by atoms with Crippen molar-refractivity contribution in [3.8, 4) is 11.3 Å². The summed E-state index contributed by atoms with van der Waals surface area (Å²) in [6, 6.07) is 14.0. The highest BCUT2D eigenvalue weighted by Gasteiger charge is 2.20. The van der Waals surface area contributed by atoms with E-state index >= 15 is 0 Å². The largest absolute Gasteiger partial charge is 0.395 e. The van der Waals surface area contributed by atoms with Gasteiger partial charge in [-0.3, -0.25) is 4.79 Å². The number of rotatable bonds is 7. The normalized spacial score (nSPS) is 11.0. The Balaban J connectivity index is 1.91. The molecular weight excluding hydrogens is 412 g/mol. The summed E-state index contributed by atoms with van der Waals surface area (Å²) >= 11 is 6.35. The third kappa shape index (κ3) is 4.87. The Morgan fingerprint density at radius 2 is 1.83 bits per heavy atom. The first-order chi connectivity index (χ1) is 13.9. The molecule has 29 heavy (non-hydrogen) atoms. The lowest BCUT2D eigenvalue weighted by atomic mass is 10.1. The van der Waals surface area contributed by atoms with E-state index in [-0.39, 0.29) is 18.3 Å². The second-order valence-electron chi connectivity index (χ2n) is 6.56. The number of anilines is 1. The average molecular weight is 433 g/mol. The molecule has 2 aromatic carbocycles. The number of halogens is 1. The van der Waals surface area contributed by atoms with Crippen LogP contribution in [0.25, 0.3) is 11.3 Å². The van der Waals surface area contributed by atoms with Crippen molar-refractivity contribution < 1.29 is 18.3 Å². The Morgan fingerprint density at radius 1 is 1.14 bits per heavy atom. The molecule has 2 N–H and O–H groups in total. The molecule has 1 aromatic heterocycles. The van der Waals surface area contributed by atoms with Crippen molar-refractivity contribution >= 4 is 33.9 Å². The van der Waals surface area contributed by atoms with E-state index in [1.165, 1.54) is 0 Å². The van der Waals surface area contributed by atoms with Gasteiger partial charge in [-0.25, -0.2) is 8.42 Å². The number of benzene rings is 2. The van der Waals surface area contributed by atoms with Gasteiger partial charge in [-0.05, 0) is 36.2 Å². The van der Waals surface area contributed by atoms with E-state index in [1.54, 1.807) is 36.5 Å². The molecule has 152 valence electrons. The van der Waals surface area contributed by atoms with Gasteiger partial charge in [-0.2, -0.15) is 0 Å². The third-order valence-electron chi connectivity index (χ3n) is 4.57. The van der Waals surface area contributed by atoms with E-state index in [0.717, 1.165) is 16.8 Å². The molecule has 0 atom stereocenters. The zero-order valence-electron chi connectivity index (χ0n) is 15.8. The van der Waals surface area contributed by atoms with Crippen LogP contribution in [-0.4, -0.2) is 30.6 Å². The number of carbonyl (C=O) groups excluding carboxylic acids is 1. The van der Waals surface area contributed by atoms with Crippen molar-refractivity contribution in [3.05, 3.63) is 76.4 Å². The van der Waals surface area contributed by atoms with Crippen LogP contribution in [0.1, 0.15) is 21.5 Å². The zero-order chi connectivity index (χ0) is 21.0. The van der Waals surface area contributed by atoms with Crippen LogP contribution in [0.3, 0.4) is 0 Å². The quantitative estimate of drug-likeness (QED) is 0.499. The molecule has 6 nitrogen and oxygen atoms in total. The maximum Gasteiger partial charge on any atom is 0.257 e. The summed E-state index contributed by atoms with van der Waals surface area (Å²) in [6.45, 7) is 2.10. The number of aliphatic hydroxyl groups is 1. The van der Waals surface area contributed by atoms with Gasteiger partial charge in [0.05, 0.1) is 23.6 Å². The van der Waals surface area contributed by atoms with Gasteiger partial charge in [0.15, 0.2) is 0 Å². The van der Waals surface area contributed by atoms with E-state index in [2.05, 4.69) is 5.32 Å². The number of thiol groups is 1. The minimum absolute atomic E-state index is 0.0339. The molecule has 0 spiro atoms. The lowest BCUT2D eigenvalue weighted by molar-refractivity contribution is 0.102. The minimum Gasteiger partial charge on any atom is -0.395 e. The SMILES string of the molecule is Cc1c(C(=O)Nc2ccc(C[SH](=O)=O)cc2)cn(CCO)c1-c1ccccc1Cl. The zero-order valence-corrected chi connectivity index (χ0v) is 17.4. The van der Waals surface area contributed by atoms with Gasteiger partial charge in [0, 0.05) is 29.0 Å². The predicted molar refractivity (Wildman–Crippen MR) is 115 cm³/mol. The molecule has 0 aliphatic heterocycles. The molecule has 0 fully saturated rings. The fourth-order valence-corrected chi connectivity index (χ4v) is 3.96. The number of aliphatic hydroxyl groups excluding tert-OH is 1. The lowest BCUT2D eigenvalue weighted by Gasteiger charge is -2.10. The molecule has 3 rings (SSSR count). The molecule has 0 saturated heterocycles. The Hall–Kier alpha value is -2.61.